The predicted molar refractivity (Wildman–Crippen MR) is 54.3 cm³/mol. The van der Waals surface area contributed by atoms with Crippen LogP contribution >= 0.6 is 15.9 Å². The number of hydrogen-bond donors (Lipinski definition) is 2. The number of aliphatic imine (C=N–C) groups is 1. The fourth-order valence-corrected chi connectivity index (χ4v) is 1.21. The van der Waals surface area contributed by atoms with Crippen molar-refractivity contribution in [3.8, 4) is 0 Å². The van der Waals surface area contributed by atoms with Gasteiger partial charge in [0.25, 0.3) is 0 Å². The number of halogens is 1. The zero-order valence-corrected chi connectivity index (χ0v) is 8.30. The molecule has 4 heteroatoms. The van der Waals surface area contributed by atoms with Gasteiger partial charge in [-0.05, 0) is 34.5 Å². The van der Waals surface area contributed by atoms with Gasteiger partial charge in [0, 0.05) is 4.47 Å². The maximum atomic E-state index is 5.25. The normalized spacial score (nSPS) is 9.50. The van der Waals surface area contributed by atoms with Crippen molar-refractivity contribution in [3.05, 3.63) is 28.2 Å². The monoisotopic (exact) mass is 227 g/mol. The Hall–Kier alpha value is -1.03. The second kappa shape index (κ2) is 3.58. The third-order valence-electron chi connectivity index (χ3n) is 1.42. The zero-order valence-electron chi connectivity index (χ0n) is 6.71. The first kappa shape index (κ1) is 9.06. The molecule has 1 aromatic carbocycles. The quantitative estimate of drug-likeness (QED) is 0.567. The van der Waals surface area contributed by atoms with Crippen LogP contribution in [0.2, 0.25) is 0 Å². The first-order valence-electron chi connectivity index (χ1n) is 3.46. The number of aryl methyl sites for hydroxylation is 1. The lowest BCUT2D eigenvalue weighted by atomic mass is 10.2. The van der Waals surface area contributed by atoms with Gasteiger partial charge in [0.1, 0.15) is 0 Å². The number of hydrogen-bond acceptors (Lipinski definition) is 1. The lowest BCUT2D eigenvalue weighted by Crippen LogP contribution is -2.21. The van der Waals surface area contributed by atoms with Gasteiger partial charge in [-0.3, -0.25) is 0 Å². The van der Waals surface area contributed by atoms with Crippen LogP contribution in [0.3, 0.4) is 0 Å². The van der Waals surface area contributed by atoms with Gasteiger partial charge < -0.3 is 11.5 Å². The summed E-state index contributed by atoms with van der Waals surface area (Å²) < 4.78 is 0.929. The van der Waals surface area contributed by atoms with Crippen molar-refractivity contribution in [2.24, 2.45) is 16.5 Å². The minimum absolute atomic E-state index is 0.0706. The molecular weight excluding hydrogens is 218 g/mol. The van der Waals surface area contributed by atoms with E-state index < -0.39 is 0 Å². The van der Waals surface area contributed by atoms with Gasteiger partial charge in [0.05, 0.1) is 5.69 Å². The molecule has 0 radical (unpaired) electrons. The molecule has 0 heterocycles. The molecule has 0 bridgehead atoms. The van der Waals surface area contributed by atoms with Gasteiger partial charge in [-0.1, -0.05) is 12.1 Å². The largest absolute Gasteiger partial charge is 0.370 e. The lowest BCUT2D eigenvalue weighted by Gasteiger charge is -2.01. The summed E-state index contributed by atoms with van der Waals surface area (Å²) in [5.74, 6) is 0.0706. The van der Waals surface area contributed by atoms with Gasteiger partial charge in [-0.15, -0.1) is 0 Å². The highest BCUT2D eigenvalue weighted by atomic mass is 79.9. The molecule has 0 aliphatic heterocycles. The van der Waals surface area contributed by atoms with E-state index in [0.717, 1.165) is 15.7 Å². The molecule has 12 heavy (non-hydrogen) atoms. The molecule has 0 aliphatic carbocycles. The van der Waals surface area contributed by atoms with Crippen LogP contribution in [0.5, 0.6) is 0 Å². The second-order valence-corrected chi connectivity index (χ2v) is 3.24. The average Bonchev–Trinajstić information content (AvgIpc) is 1.98. The summed E-state index contributed by atoms with van der Waals surface area (Å²) in [5.41, 5.74) is 12.4. The van der Waals surface area contributed by atoms with Crippen LogP contribution in [0.4, 0.5) is 5.69 Å². The Morgan fingerprint density at radius 2 is 2.08 bits per heavy atom. The van der Waals surface area contributed by atoms with Crippen LogP contribution in [0.25, 0.3) is 0 Å². The van der Waals surface area contributed by atoms with E-state index in [4.69, 9.17) is 11.5 Å². The molecule has 1 rings (SSSR count). The number of rotatable bonds is 1. The fraction of sp³-hybridized carbons (Fsp3) is 0.125. The van der Waals surface area contributed by atoms with E-state index in [0.29, 0.717) is 0 Å². The summed E-state index contributed by atoms with van der Waals surface area (Å²) in [4.78, 5) is 3.95. The minimum atomic E-state index is 0.0706. The van der Waals surface area contributed by atoms with Crippen LogP contribution in [0, 0.1) is 6.92 Å². The van der Waals surface area contributed by atoms with Crippen molar-refractivity contribution in [2.75, 3.05) is 0 Å². The Morgan fingerprint density at radius 3 is 2.67 bits per heavy atom. The maximum absolute atomic E-state index is 5.25. The Labute approximate surface area is 79.6 Å². The van der Waals surface area contributed by atoms with E-state index in [1.54, 1.807) is 0 Å². The van der Waals surface area contributed by atoms with Crippen molar-refractivity contribution < 1.29 is 0 Å². The molecule has 0 aliphatic rings. The molecule has 0 atom stereocenters. The van der Waals surface area contributed by atoms with Crippen LogP contribution in [0.1, 0.15) is 5.56 Å². The van der Waals surface area contributed by atoms with Gasteiger partial charge in [0.15, 0.2) is 5.96 Å². The molecule has 0 saturated heterocycles. The van der Waals surface area contributed by atoms with E-state index in [1.807, 2.05) is 25.1 Å². The number of guanidine groups is 1. The molecule has 0 saturated carbocycles. The fourth-order valence-electron chi connectivity index (χ4n) is 0.857. The molecule has 0 spiro atoms. The van der Waals surface area contributed by atoms with Gasteiger partial charge in [0.2, 0.25) is 0 Å². The predicted octanol–water partition coefficient (Wildman–Crippen LogP) is 1.66. The van der Waals surface area contributed by atoms with Crippen LogP contribution in [0.15, 0.2) is 27.7 Å². The standard InChI is InChI=1S/C8H10BrN3/c1-5-3-2-4-6(7(5)9)12-8(10)11/h2-4H,1H3,(H4,10,11,12). The highest BCUT2D eigenvalue weighted by Gasteiger charge is 1.99. The molecule has 0 amide bonds. The van der Waals surface area contributed by atoms with E-state index in [2.05, 4.69) is 20.9 Å². The summed E-state index contributed by atoms with van der Waals surface area (Å²) in [5, 5.41) is 0. The highest BCUT2D eigenvalue weighted by molar-refractivity contribution is 9.10. The van der Waals surface area contributed by atoms with E-state index >= 15 is 0 Å². The molecule has 3 nitrogen and oxygen atoms in total. The van der Waals surface area contributed by atoms with Crippen LogP contribution < -0.4 is 11.5 Å². The molecule has 0 fully saturated rings. The van der Waals surface area contributed by atoms with Crippen LogP contribution in [-0.4, -0.2) is 5.96 Å². The highest BCUT2D eigenvalue weighted by Crippen LogP contribution is 2.27. The number of nitrogens with two attached hydrogens (primary N) is 2. The second-order valence-electron chi connectivity index (χ2n) is 2.44. The van der Waals surface area contributed by atoms with Crippen molar-refractivity contribution in [3.63, 3.8) is 0 Å². The molecule has 64 valence electrons. The van der Waals surface area contributed by atoms with Crippen molar-refractivity contribution in [1.29, 1.82) is 0 Å². The molecule has 0 unspecified atom stereocenters. The van der Waals surface area contributed by atoms with E-state index in [9.17, 15) is 0 Å². The summed E-state index contributed by atoms with van der Waals surface area (Å²) in [7, 11) is 0. The van der Waals surface area contributed by atoms with Crippen LogP contribution in [-0.2, 0) is 0 Å². The van der Waals surface area contributed by atoms with Crippen molar-refractivity contribution in [1.82, 2.24) is 0 Å². The zero-order chi connectivity index (χ0) is 9.14. The van der Waals surface area contributed by atoms with Gasteiger partial charge in [-0.25, -0.2) is 4.99 Å². The molecule has 4 N–H and O–H groups in total. The molecular formula is C8H10BrN3. The first-order chi connectivity index (χ1) is 5.61. The molecule has 0 aromatic heterocycles. The summed E-state index contributed by atoms with van der Waals surface area (Å²) in [6.45, 7) is 1.98. The Bertz CT molecular complexity index is 316. The maximum Gasteiger partial charge on any atom is 0.191 e. The SMILES string of the molecule is Cc1cccc(N=C(N)N)c1Br. The van der Waals surface area contributed by atoms with Gasteiger partial charge in [-0.2, -0.15) is 0 Å². The van der Waals surface area contributed by atoms with Gasteiger partial charge >= 0.3 is 0 Å². The van der Waals surface area contributed by atoms with E-state index in [1.165, 1.54) is 0 Å². The van der Waals surface area contributed by atoms with E-state index in [-0.39, 0.29) is 5.96 Å². The lowest BCUT2D eigenvalue weighted by molar-refractivity contribution is 1.36. The Morgan fingerprint density at radius 1 is 1.42 bits per heavy atom. The smallest absolute Gasteiger partial charge is 0.191 e. The van der Waals surface area contributed by atoms with Crippen molar-refractivity contribution >= 4 is 27.6 Å². The summed E-state index contributed by atoms with van der Waals surface area (Å²) in [6, 6.07) is 5.73. The third-order valence-corrected chi connectivity index (χ3v) is 2.45. The third kappa shape index (κ3) is 1.98. The van der Waals surface area contributed by atoms with Crippen molar-refractivity contribution in [2.45, 2.75) is 6.92 Å². The Balaban J connectivity index is 3.17. The minimum Gasteiger partial charge on any atom is -0.370 e. The summed E-state index contributed by atoms with van der Waals surface area (Å²) >= 11 is 3.39. The average molecular weight is 228 g/mol. The Kier molecular flexibility index (Phi) is 2.70. The molecule has 1 aromatic rings. The number of nitrogens with zero attached hydrogens (tertiary/aromatic N) is 1. The topological polar surface area (TPSA) is 64.4 Å². The summed E-state index contributed by atoms with van der Waals surface area (Å²) in [6.07, 6.45) is 0. The number of benzene rings is 1. The first-order valence-corrected chi connectivity index (χ1v) is 4.25.